The number of ether oxygens (including phenoxy) is 1. The van der Waals surface area contributed by atoms with Crippen molar-refractivity contribution in [2.75, 3.05) is 27.3 Å². The van der Waals surface area contributed by atoms with Crippen molar-refractivity contribution in [3.05, 3.63) is 59.7 Å². The second-order valence-corrected chi connectivity index (χ2v) is 7.53. The minimum atomic E-state index is -1.14. The van der Waals surface area contributed by atoms with Gasteiger partial charge in [0.1, 0.15) is 12.2 Å². The van der Waals surface area contributed by atoms with Crippen molar-refractivity contribution in [2.45, 2.75) is 51.2 Å². The molecule has 0 aromatic heterocycles. The average molecular weight is 418 g/mol. The van der Waals surface area contributed by atoms with Crippen molar-refractivity contribution in [2.24, 2.45) is 0 Å². The Morgan fingerprint density at radius 3 is 2.43 bits per heavy atom. The maximum atomic E-state index is 11.4. The summed E-state index contributed by atoms with van der Waals surface area (Å²) in [5.74, 6) is -1.57. The molecule has 0 saturated heterocycles. The van der Waals surface area contributed by atoms with E-state index < -0.39 is 24.3 Å². The van der Waals surface area contributed by atoms with Crippen molar-refractivity contribution < 1.29 is 24.5 Å². The Balaban J connectivity index is 2.23. The van der Waals surface area contributed by atoms with Crippen LogP contribution >= 0.6 is 0 Å². The zero-order chi connectivity index (χ0) is 22.2. The van der Waals surface area contributed by atoms with Crippen LogP contribution in [0.2, 0.25) is 0 Å². The summed E-state index contributed by atoms with van der Waals surface area (Å²) in [5.41, 5.74) is 2.52. The predicted octanol–water partition coefficient (Wildman–Crippen LogP) is 3.38. The van der Waals surface area contributed by atoms with E-state index in [1.54, 1.807) is 7.11 Å². The summed E-state index contributed by atoms with van der Waals surface area (Å²) in [4.78, 5) is 24.1. The standard InChI is InChI=1S/C24H35NO5/c1-25(15-7-6-10-22(26)17-23(27)18-24(28)29)19-21-13-11-20(12-14-21)9-5-3-4-8-16-30-2/h3-5,8,11-14,22,26H,6-7,9-10,15-19H2,1-2H3,(H,28,29)/b5-3-,8-4-. The summed E-state index contributed by atoms with van der Waals surface area (Å²) in [5, 5.41) is 18.4. The molecule has 0 aliphatic carbocycles. The summed E-state index contributed by atoms with van der Waals surface area (Å²) in [7, 11) is 3.74. The van der Waals surface area contributed by atoms with E-state index in [1.807, 2.05) is 18.2 Å². The van der Waals surface area contributed by atoms with Crippen LogP contribution in [-0.2, 0) is 27.3 Å². The van der Waals surface area contributed by atoms with Gasteiger partial charge in [-0.1, -0.05) is 48.6 Å². The molecule has 6 heteroatoms. The fourth-order valence-corrected chi connectivity index (χ4v) is 3.05. The first-order chi connectivity index (χ1) is 14.4. The summed E-state index contributed by atoms with van der Waals surface area (Å²) in [6.45, 7) is 2.38. The lowest BCUT2D eigenvalue weighted by Crippen LogP contribution is -2.20. The summed E-state index contributed by atoms with van der Waals surface area (Å²) in [6.07, 6.45) is 9.89. The van der Waals surface area contributed by atoms with E-state index in [4.69, 9.17) is 9.84 Å². The van der Waals surface area contributed by atoms with Gasteiger partial charge in [-0.05, 0) is 50.4 Å². The first-order valence-corrected chi connectivity index (χ1v) is 10.4. The van der Waals surface area contributed by atoms with Gasteiger partial charge in [-0.15, -0.1) is 0 Å². The molecule has 166 valence electrons. The van der Waals surface area contributed by atoms with Crippen LogP contribution in [0.1, 0.15) is 43.2 Å². The third-order valence-electron chi connectivity index (χ3n) is 4.61. The van der Waals surface area contributed by atoms with Crippen molar-refractivity contribution >= 4 is 11.8 Å². The van der Waals surface area contributed by atoms with E-state index in [9.17, 15) is 14.7 Å². The Kier molecular flexibility index (Phi) is 13.3. The molecular weight excluding hydrogens is 382 g/mol. The second kappa shape index (κ2) is 15.5. The molecule has 1 rings (SSSR count). The number of allylic oxidation sites excluding steroid dienone is 3. The highest BCUT2D eigenvalue weighted by atomic mass is 16.5. The highest BCUT2D eigenvalue weighted by Crippen LogP contribution is 2.10. The first-order valence-electron chi connectivity index (χ1n) is 10.4. The Morgan fingerprint density at radius 1 is 1.10 bits per heavy atom. The minimum absolute atomic E-state index is 0.0763. The van der Waals surface area contributed by atoms with Gasteiger partial charge in [-0.2, -0.15) is 0 Å². The molecule has 0 radical (unpaired) electrons. The number of carbonyl (C=O) groups is 2. The molecule has 0 bridgehead atoms. The Bertz CT molecular complexity index is 681. The van der Waals surface area contributed by atoms with E-state index in [0.717, 1.165) is 32.4 Å². The molecule has 0 spiro atoms. The van der Waals surface area contributed by atoms with Crippen LogP contribution in [0.3, 0.4) is 0 Å². The molecular formula is C24H35NO5. The maximum absolute atomic E-state index is 11.4. The van der Waals surface area contributed by atoms with Gasteiger partial charge in [0, 0.05) is 20.1 Å². The Morgan fingerprint density at radius 2 is 1.77 bits per heavy atom. The number of benzene rings is 1. The molecule has 1 aromatic carbocycles. The predicted molar refractivity (Wildman–Crippen MR) is 118 cm³/mol. The highest BCUT2D eigenvalue weighted by Gasteiger charge is 2.13. The molecule has 2 N–H and O–H groups in total. The van der Waals surface area contributed by atoms with Gasteiger partial charge in [0.05, 0.1) is 12.7 Å². The van der Waals surface area contributed by atoms with Gasteiger partial charge in [-0.25, -0.2) is 0 Å². The van der Waals surface area contributed by atoms with E-state index in [0.29, 0.717) is 13.0 Å². The number of methoxy groups -OCH3 is 1. The molecule has 0 aliphatic rings. The van der Waals surface area contributed by atoms with Crippen molar-refractivity contribution in [3.8, 4) is 0 Å². The van der Waals surface area contributed by atoms with E-state index in [-0.39, 0.29) is 6.42 Å². The average Bonchev–Trinajstić information content (AvgIpc) is 2.68. The number of aliphatic hydroxyl groups excluding tert-OH is 1. The monoisotopic (exact) mass is 417 g/mol. The molecule has 0 amide bonds. The molecule has 0 aliphatic heterocycles. The fourth-order valence-electron chi connectivity index (χ4n) is 3.05. The lowest BCUT2D eigenvalue weighted by molar-refractivity contribution is -0.140. The van der Waals surface area contributed by atoms with Gasteiger partial charge in [0.25, 0.3) is 0 Å². The third kappa shape index (κ3) is 13.0. The van der Waals surface area contributed by atoms with Crippen molar-refractivity contribution in [1.29, 1.82) is 0 Å². The van der Waals surface area contributed by atoms with Gasteiger partial charge in [-0.3, -0.25) is 9.59 Å². The minimum Gasteiger partial charge on any atom is -0.481 e. The molecule has 0 fully saturated rings. The number of nitrogens with zero attached hydrogens (tertiary/aromatic N) is 1. The van der Waals surface area contributed by atoms with Crippen LogP contribution in [0.4, 0.5) is 0 Å². The SMILES string of the molecule is COC/C=C\C=C/Cc1ccc(CN(C)CCCCC(O)CC(=O)CC(=O)O)cc1. The normalized spacial score (nSPS) is 12.8. The summed E-state index contributed by atoms with van der Waals surface area (Å²) >= 11 is 0. The first kappa shape index (κ1) is 25.8. The highest BCUT2D eigenvalue weighted by molar-refractivity contribution is 5.94. The number of aliphatic carboxylic acids is 1. The molecule has 30 heavy (non-hydrogen) atoms. The largest absolute Gasteiger partial charge is 0.481 e. The Labute approximate surface area is 179 Å². The van der Waals surface area contributed by atoms with Gasteiger partial charge in [0.2, 0.25) is 0 Å². The van der Waals surface area contributed by atoms with Gasteiger partial charge >= 0.3 is 5.97 Å². The number of carbonyl (C=O) groups excluding carboxylic acids is 1. The van der Waals surface area contributed by atoms with E-state index in [1.165, 1.54) is 11.1 Å². The zero-order valence-corrected chi connectivity index (χ0v) is 18.1. The van der Waals surface area contributed by atoms with E-state index >= 15 is 0 Å². The third-order valence-corrected chi connectivity index (χ3v) is 4.61. The second-order valence-electron chi connectivity index (χ2n) is 7.53. The van der Waals surface area contributed by atoms with Crippen LogP contribution in [0.5, 0.6) is 0 Å². The number of ketones is 1. The lowest BCUT2D eigenvalue weighted by Gasteiger charge is -2.17. The number of rotatable bonds is 16. The molecule has 0 heterocycles. The molecule has 1 atom stereocenters. The number of Topliss-reactive ketones (excluding diaryl/α,β-unsaturated/α-hetero) is 1. The number of carboxylic acid groups (broad SMARTS) is 1. The topological polar surface area (TPSA) is 87.1 Å². The number of unbranched alkanes of at least 4 members (excludes halogenated alkanes) is 1. The molecule has 6 nitrogen and oxygen atoms in total. The van der Waals surface area contributed by atoms with Crippen LogP contribution in [0.15, 0.2) is 48.6 Å². The zero-order valence-electron chi connectivity index (χ0n) is 18.1. The van der Waals surface area contributed by atoms with E-state index in [2.05, 4.69) is 42.3 Å². The summed E-state index contributed by atoms with van der Waals surface area (Å²) in [6, 6.07) is 8.60. The number of aliphatic hydroxyl groups is 1. The van der Waals surface area contributed by atoms with Crippen molar-refractivity contribution in [1.82, 2.24) is 4.90 Å². The quantitative estimate of drug-likeness (QED) is 0.244. The number of hydrogen-bond donors (Lipinski definition) is 2. The van der Waals surface area contributed by atoms with Gasteiger partial charge < -0.3 is 19.8 Å². The number of hydrogen-bond acceptors (Lipinski definition) is 5. The van der Waals surface area contributed by atoms with Crippen LogP contribution in [0.25, 0.3) is 0 Å². The Hall–Kier alpha value is -2.28. The molecule has 1 aromatic rings. The van der Waals surface area contributed by atoms with Crippen LogP contribution in [-0.4, -0.2) is 60.3 Å². The smallest absolute Gasteiger partial charge is 0.310 e. The van der Waals surface area contributed by atoms with Gasteiger partial charge in [0.15, 0.2) is 0 Å². The van der Waals surface area contributed by atoms with Crippen LogP contribution < -0.4 is 0 Å². The van der Waals surface area contributed by atoms with Crippen molar-refractivity contribution in [3.63, 3.8) is 0 Å². The lowest BCUT2D eigenvalue weighted by atomic mass is 10.0. The molecule has 0 saturated carbocycles. The van der Waals surface area contributed by atoms with Crippen LogP contribution in [0, 0.1) is 0 Å². The summed E-state index contributed by atoms with van der Waals surface area (Å²) < 4.78 is 4.95. The number of carboxylic acids is 1. The fraction of sp³-hybridized carbons (Fsp3) is 0.500. The maximum Gasteiger partial charge on any atom is 0.310 e. The molecule has 1 unspecified atom stereocenters.